The predicted octanol–water partition coefficient (Wildman–Crippen LogP) is 0.359. The van der Waals surface area contributed by atoms with Crippen LogP contribution in [0.3, 0.4) is 0 Å². The van der Waals surface area contributed by atoms with Crippen LogP contribution in [-0.2, 0) is 19.1 Å². The van der Waals surface area contributed by atoms with E-state index in [4.69, 9.17) is 0 Å². The topological polar surface area (TPSA) is 52.6 Å². The summed E-state index contributed by atoms with van der Waals surface area (Å²) in [6.07, 6.45) is 0.0726. The van der Waals surface area contributed by atoms with Gasteiger partial charge in [0.15, 0.2) is 0 Å². The molecule has 0 fully saturated rings. The monoisotopic (exact) mass is 160 g/mol. The summed E-state index contributed by atoms with van der Waals surface area (Å²) >= 11 is 0. The van der Waals surface area contributed by atoms with Crippen molar-refractivity contribution in [2.75, 3.05) is 14.2 Å². The van der Waals surface area contributed by atoms with E-state index in [1.165, 1.54) is 14.2 Å². The summed E-state index contributed by atoms with van der Waals surface area (Å²) in [7, 11) is 2.57. The number of carbonyl (C=O) groups excluding carboxylic acids is 2. The third kappa shape index (κ3) is 3.60. The summed E-state index contributed by atoms with van der Waals surface area (Å²) in [5, 5.41) is 0. The highest BCUT2D eigenvalue weighted by molar-refractivity contribution is 5.79. The quantitative estimate of drug-likeness (QED) is 0.559. The summed E-state index contributed by atoms with van der Waals surface area (Å²) < 4.78 is 8.78. The Bertz CT molecular complexity index is 153. The van der Waals surface area contributed by atoms with E-state index in [0.717, 1.165) is 0 Å². The zero-order chi connectivity index (χ0) is 8.85. The van der Waals surface area contributed by atoms with E-state index in [9.17, 15) is 9.59 Å². The molecule has 0 aliphatic heterocycles. The van der Waals surface area contributed by atoms with Gasteiger partial charge in [0.25, 0.3) is 0 Å². The Labute approximate surface area is 65.5 Å². The molecule has 0 unspecified atom stereocenters. The fourth-order valence-corrected chi connectivity index (χ4v) is 0.618. The van der Waals surface area contributed by atoms with Gasteiger partial charge in [0.05, 0.1) is 26.6 Å². The smallest absolute Gasteiger partial charge is 0.308 e. The Hall–Kier alpha value is -1.06. The molecule has 0 saturated carbocycles. The maximum absolute atomic E-state index is 10.7. The molecule has 0 saturated heterocycles. The van der Waals surface area contributed by atoms with E-state index in [2.05, 4.69) is 9.47 Å². The standard InChI is InChI=1S/C7H12O4/c1-5(7(9)11-3)4-6(8)10-2/h5H,4H2,1-3H3/t5-/m0/s1. The Morgan fingerprint density at radius 2 is 1.82 bits per heavy atom. The summed E-state index contributed by atoms with van der Waals surface area (Å²) in [5.74, 6) is -1.22. The molecule has 0 aliphatic rings. The Morgan fingerprint density at radius 3 is 2.18 bits per heavy atom. The fourth-order valence-electron chi connectivity index (χ4n) is 0.618. The zero-order valence-electron chi connectivity index (χ0n) is 6.92. The minimum absolute atomic E-state index is 0.0726. The molecule has 1 atom stereocenters. The maximum Gasteiger partial charge on any atom is 0.308 e. The van der Waals surface area contributed by atoms with Gasteiger partial charge in [-0.3, -0.25) is 9.59 Å². The van der Waals surface area contributed by atoms with Crippen LogP contribution in [0.1, 0.15) is 13.3 Å². The zero-order valence-corrected chi connectivity index (χ0v) is 6.92. The van der Waals surface area contributed by atoms with Gasteiger partial charge in [-0.05, 0) is 0 Å². The molecule has 0 rings (SSSR count). The second-order valence-electron chi connectivity index (χ2n) is 2.20. The number of carbonyl (C=O) groups is 2. The van der Waals surface area contributed by atoms with Gasteiger partial charge in [-0.25, -0.2) is 0 Å². The van der Waals surface area contributed by atoms with E-state index >= 15 is 0 Å². The molecule has 0 heterocycles. The molecule has 64 valence electrons. The highest BCUT2D eigenvalue weighted by atomic mass is 16.5. The summed E-state index contributed by atoms with van der Waals surface area (Å²) in [6, 6.07) is 0. The van der Waals surface area contributed by atoms with Crippen molar-refractivity contribution in [2.24, 2.45) is 5.92 Å². The molecule has 0 aliphatic carbocycles. The largest absolute Gasteiger partial charge is 0.469 e. The maximum atomic E-state index is 10.7. The van der Waals surface area contributed by atoms with Gasteiger partial charge < -0.3 is 9.47 Å². The molecule has 0 aromatic rings. The Morgan fingerprint density at radius 1 is 1.27 bits per heavy atom. The van der Waals surface area contributed by atoms with Crippen molar-refractivity contribution in [1.82, 2.24) is 0 Å². The third-order valence-electron chi connectivity index (χ3n) is 1.30. The molecule has 0 spiro atoms. The number of hydrogen-bond donors (Lipinski definition) is 0. The molecular weight excluding hydrogens is 148 g/mol. The van der Waals surface area contributed by atoms with Crippen LogP contribution in [0.2, 0.25) is 0 Å². The van der Waals surface area contributed by atoms with Crippen LogP contribution in [0.5, 0.6) is 0 Å². The SMILES string of the molecule is COC(=O)C[C@H](C)C(=O)OC. The molecule has 4 heteroatoms. The van der Waals surface area contributed by atoms with Crippen LogP contribution in [0.25, 0.3) is 0 Å². The first kappa shape index (κ1) is 9.94. The number of ether oxygens (including phenoxy) is 2. The second kappa shape index (κ2) is 4.71. The Kier molecular flexibility index (Phi) is 4.26. The van der Waals surface area contributed by atoms with Crippen LogP contribution in [0.15, 0.2) is 0 Å². The second-order valence-corrected chi connectivity index (χ2v) is 2.20. The lowest BCUT2D eigenvalue weighted by Gasteiger charge is -2.05. The first-order chi connectivity index (χ1) is 5.11. The minimum atomic E-state index is -0.424. The number of esters is 2. The number of methoxy groups -OCH3 is 2. The molecule has 0 aromatic heterocycles. The van der Waals surface area contributed by atoms with E-state index < -0.39 is 17.9 Å². The number of hydrogen-bond acceptors (Lipinski definition) is 4. The van der Waals surface area contributed by atoms with Crippen molar-refractivity contribution in [3.05, 3.63) is 0 Å². The summed E-state index contributed by atoms with van der Waals surface area (Å²) in [6.45, 7) is 1.61. The average Bonchev–Trinajstić information content (AvgIpc) is 2.02. The lowest BCUT2D eigenvalue weighted by Crippen LogP contribution is -2.17. The van der Waals surface area contributed by atoms with E-state index in [1.54, 1.807) is 6.92 Å². The van der Waals surface area contributed by atoms with Gasteiger partial charge in [0.1, 0.15) is 0 Å². The van der Waals surface area contributed by atoms with Crippen LogP contribution in [-0.4, -0.2) is 26.2 Å². The molecule has 0 amide bonds. The van der Waals surface area contributed by atoms with Crippen LogP contribution in [0, 0.1) is 5.92 Å². The van der Waals surface area contributed by atoms with Crippen molar-refractivity contribution in [3.63, 3.8) is 0 Å². The predicted molar refractivity (Wildman–Crippen MR) is 37.8 cm³/mol. The van der Waals surface area contributed by atoms with E-state index in [1.807, 2.05) is 0 Å². The molecule has 0 N–H and O–H groups in total. The van der Waals surface area contributed by atoms with Crippen molar-refractivity contribution in [2.45, 2.75) is 13.3 Å². The Balaban J connectivity index is 3.77. The van der Waals surface area contributed by atoms with Crippen LogP contribution >= 0.6 is 0 Å². The molecule has 11 heavy (non-hydrogen) atoms. The molecular formula is C7H12O4. The van der Waals surface area contributed by atoms with Gasteiger partial charge >= 0.3 is 11.9 Å². The molecule has 4 nitrogen and oxygen atoms in total. The molecule has 0 radical (unpaired) electrons. The lowest BCUT2D eigenvalue weighted by atomic mass is 10.1. The number of rotatable bonds is 3. The van der Waals surface area contributed by atoms with E-state index in [-0.39, 0.29) is 6.42 Å². The van der Waals surface area contributed by atoms with Crippen LogP contribution in [0.4, 0.5) is 0 Å². The average molecular weight is 160 g/mol. The van der Waals surface area contributed by atoms with E-state index in [0.29, 0.717) is 0 Å². The fraction of sp³-hybridized carbons (Fsp3) is 0.714. The van der Waals surface area contributed by atoms with Gasteiger partial charge in [0, 0.05) is 0 Å². The minimum Gasteiger partial charge on any atom is -0.469 e. The van der Waals surface area contributed by atoms with Crippen molar-refractivity contribution < 1.29 is 19.1 Å². The first-order valence-electron chi connectivity index (χ1n) is 3.26. The van der Waals surface area contributed by atoms with Crippen molar-refractivity contribution in [1.29, 1.82) is 0 Å². The molecule has 0 bridgehead atoms. The van der Waals surface area contributed by atoms with Crippen LogP contribution < -0.4 is 0 Å². The highest BCUT2D eigenvalue weighted by Crippen LogP contribution is 2.04. The molecule has 0 aromatic carbocycles. The third-order valence-corrected chi connectivity index (χ3v) is 1.30. The lowest BCUT2D eigenvalue weighted by molar-refractivity contribution is -0.151. The summed E-state index contributed by atoms with van der Waals surface area (Å²) in [4.78, 5) is 21.3. The first-order valence-corrected chi connectivity index (χ1v) is 3.26. The van der Waals surface area contributed by atoms with Crippen molar-refractivity contribution >= 4 is 11.9 Å². The van der Waals surface area contributed by atoms with Gasteiger partial charge in [-0.15, -0.1) is 0 Å². The van der Waals surface area contributed by atoms with Crippen molar-refractivity contribution in [3.8, 4) is 0 Å². The normalized spacial score (nSPS) is 11.9. The van der Waals surface area contributed by atoms with Gasteiger partial charge in [0.2, 0.25) is 0 Å². The van der Waals surface area contributed by atoms with Gasteiger partial charge in [-0.2, -0.15) is 0 Å². The highest BCUT2D eigenvalue weighted by Gasteiger charge is 2.17. The summed E-state index contributed by atoms with van der Waals surface area (Å²) in [5.41, 5.74) is 0. The van der Waals surface area contributed by atoms with Gasteiger partial charge in [-0.1, -0.05) is 6.92 Å².